The largest absolute Gasteiger partial charge is 0.473 e. The lowest BCUT2D eigenvalue weighted by Crippen LogP contribution is -2.46. The number of allylic oxidation sites excluding steroid dienone is 1. The molecule has 4 rings (SSSR count). The van der Waals surface area contributed by atoms with Crippen molar-refractivity contribution in [2.75, 3.05) is 6.54 Å². The fourth-order valence-corrected chi connectivity index (χ4v) is 6.28. The smallest absolute Gasteiger partial charge is 0.395 e. The molecule has 3 atom stereocenters. The molecule has 42 heavy (non-hydrogen) atoms. The summed E-state index contributed by atoms with van der Waals surface area (Å²) >= 11 is 0. The van der Waals surface area contributed by atoms with E-state index in [9.17, 15) is 26.4 Å². The summed E-state index contributed by atoms with van der Waals surface area (Å²) in [7, 11) is -4.18. The number of alkyl halides is 3. The lowest BCUT2D eigenvalue weighted by Gasteiger charge is -2.35. The summed E-state index contributed by atoms with van der Waals surface area (Å²) in [5, 5.41) is 4.25. The molecule has 1 saturated heterocycles. The van der Waals surface area contributed by atoms with E-state index in [4.69, 9.17) is 9.73 Å². The van der Waals surface area contributed by atoms with Gasteiger partial charge < -0.3 is 9.64 Å². The zero-order chi connectivity index (χ0) is 31.1. The van der Waals surface area contributed by atoms with Crippen LogP contribution in [0.4, 0.5) is 13.2 Å². The average molecular weight is 608 g/mol. The van der Waals surface area contributed by atoms with E-state index in [1.165, 1.54) is 29.1 Å². The summed E-state index contributed by atoms with van der Waals surface area (Å²) in [5.74, 6) is -2.06. The van der Waals surface area contributed by atoms with Gasteiger partial charge in [-0.25, -0.2) is 22.8 Å². The van der Waals surface area contributed by atoms with Crippen molar-refractivity contribution in [1.29, 1.82) is 0 Å². The topological polar surface area (TPSA) is 106 Å². The Morgan fingerprint density at radius 2 is 1.90 bits per heavy atom. The molecule has 0 bridgehead atoms. The van der Waals surface area contributed by atoms with Gasteiger partial charge in [-0.05, 0) is 63.7 Å². The van der Waals surface area contributed by atoms with Crippen molar-refractivity contribution >= 4 is 27.6 Å². The Kier molecular flexibility index (Phi) is 8.38. The van der Waals surface area contributed by atoms with Crippen LogP contribution >= 0.6 is 0 Å². The minimum absolute atomic E-state index is 0.00781. The first-order valence-corrected chi connectivity index (χ1v) is 15.1. The van der Waals surface area contributed by atoms with Crippen molar-refractivity contribution in [3.63, 3.8) is 0 Å². The van der Waals surface area contributed by atoms with Crippen molar-refractivity contribution in [2.24, 2.45) is 16.3 Å². The number of hydrogen-bond acceptors (Lipinski definition) is 6. The zero-order valence-corrected chi connectivity index (χ0v) is 25.1. The number of benzene rings is 1. The number of halogens is 3. The number of carbonyl (C=O) groups excluding carboxylic acids is 1. The van der Waals surface area contributed by atoms with Crippen molar-refractivity contribution in [2.45, 2.75) is 76.6 Å². The molecular weight excluding hydrogens is 571 g/mol. The van der Waals surface area contributed by atoms with Gasteiger partial charge in [0.2, 0.25) is 5.88 Å². The molecular formula is C29H36F3N5O4S. The van der Waals surface area contributed by atoms with Crippen molar-refractivity contribution < 1.29 is 31.1 Å². The molecule has 1 unspecified atom stereocenters. The summed E-state index contributed by atoms with van der Waals surface area (Å²) in [6.07, 6.45) is -0.710. The van der Waals surface area contributed by atoms with Crippen LogP contribution in [0, 0.1) is 11.3 Å². The first-order chi connectivity index (χ1) is 19.5. The molecule has 1 aliphatic heterocycles. The second-order valence-electron chi connectivity index (χ2n) is 11.7. The highest BCUT2D eigenvalue weighted by molar-refractivity contribution is 7.90. The number of sulfonamides is 1. The minimum Gasteiger partial charge on any atom is -0.473 e. The van der Waals surface area contributed by atoms with Gasteiger partial charge in [-0.3, -0.25) is 4.79 Å². The fourth-order valence-electron chi connectivity index (χ4n) is 5.28. The third kappa shape index (κ3) is 6.71. The molecule has 2 aromatic rings. The third-order valence-electron chi connectivity index (χ3n) is 7.77. The molecule has 13 heteroatoms. The van der Waals surface area contributed by atoms with E-state index in [1.807, 2.05) is 18.7 Å². The molecule has 1 N–H and O–H groups in total. The van der Waals surface area contributed by atoms with E-state index >= 15 is 0 Å². The maximum atomic E-state index is 13.4. The molecule has 1 amide bonds. The number of carbonyl (C=O) groups is 1. The third-order valence-corrected chi connectivity index (χ3v) is 9.11. The Labute approximate surface area is 244 Å². The van der Waals surface area contributed by atoms with Gasteiger partial charge in [-0.2, -0.15) is 13.2 Å². The Morgan fingerprint density at radius 3 is 2.45 bits per heavy atom. The Bertz CT molecular complexity index is 1510. The maximum absolute atomic E-state index is 13.4. The summed E-state index contributed by atoms with van der Waals surface area (Å²) in [4.78, 5) is 20.0. The van der Waals surface area contributed by atoms with E-state index in [-0.39, 0.29) is 39.8 Å². The number of aliphatic imine (C=N–C) groups is 1. The second kappa shape index (κ2) is 11.2. The number of amidine groups is 1. The number of ether oxygens (including phenoxy) is 1. The first kappa shape index (κ1) is 31.3. The van der Waals surface area contributed by atoms with Crippen LogP contribution in [0.15, 0.2) is 70.7 Å². The van der Waals surface area contributed by atoms with E-state index in [2.05, 4.69) is 30.2 Å². The van der Waals surface area contributed by atoms with Gasteiger partial charge in [0.05, 0.1) is 16.4 Å². The van der Waals surface area contributed by atoms with Gasteiger partial charge in [-0.1, -0.05) is 38.6 Å². The van der Waals surface area contributed by atoms with Crippen molar-refractivity contribution in [1.82, 2.24) is 19.4 Å². The predicted molar refractivity (Wildman–Crippen MR) is 153 cm³/mol. The average Bonchev–Trinajstić information content (AvgIpc) is 3.47. The van der Waals surface area contributed by atoms with Gasteiger partial charge in [0, 0.05) is 24.3 Å². The number of rotatable bonds is 9. The molecule has 2 heterocycles. The lowest BCUT2D eigenvalue weighted by atomic mass is 9.82. The zero-order valence-electron chi connectivity index (χ0n) is 24.3. The van der Waals surface area contributed by atoms with E-state index in [0.717, 1.165) is 12.8 Å². The van der Waals surface area contributed by atoms with E-state index in [1.54, 1.807) is 31.2 Å². The molecule has 9 nitrogen and oxygen atoms in total. The number of nitrogens with one attached hydrogen (secondary N) is 1. The highest BCUT2D eigenvalue weighted by Crippen LogP contribution is 2.47. The maximum Gasteiger partial charge on any atom is 0.395 e. The standard InChI is InChI=1S/C29H36F3N5O4S/c1-7-23(37-15-14-24(34-37)41-22-16-21(22)29(30,31)32)33-25(36-18-28(6,8-2)17-27(36,4)5)19(3)26(38)35-42(39,40)20-12-10-9-11-13-20/h7,9-15,21-22H,3,8,16-18H2,1-2,4-6H3,(H,35,38)/b23-7+,33-25+/t21-,22?,28+/m1/s1. The molecule has 0 spiro atoms. The fraction of sp³-hybridized carbons (Fsp3) is 0.483. The predicted octanol–water partition coefficient (Wildman–Crippen LogP) is 5.39. The number of aromatic nitrogens is 2. The lowest BCUT2D eigenvalue weighted by molar-refractivity contribution is -0.153. The van der Waals surface area contributed by atoms with Crippen molar-refractivity contribution in [3.8, 4) is 5.88 Å². The van der Waals surface area contributed by atoms with Gasteiger partial charge in [0.25, 0.3) is 15.9 Å². The summed E-state index contributed by atoms with van der Waals surface area (Å²) in [6.45, 7) is 14.4. The van der Waals surface area contributed by atoms with Gasteiger partial charge >= 0.3 is 6.18 Å². The van der Waals surface area contributed by atoms with E-state index in [0.29, 0.717) is 6.54 Å². The Morgan fingerprint density at radius 1 is 1.24 bits per heavy atom. The molecule has 228 valence electrons. The van der Waals surface area contributed by atoms with Crippen LogP contribution in [0.25, 0.3) is 5.82 Å². The van der Waals surface area contributed by atoms with Crippen LogP contribution in [-0.4, -0.2) is 59.2 Å². The van der Waals surface area contributed by atoms with Crippen molar-refractivity contribution in [3.05, 3.63) is 60.8 Å². The highest BCUT2D eigenvalue weighted by atomic mass is 32.2. The highest BCUT2D eigenvalue weighted by Gasteiger charge is 2.58. The number of hydrogen-bond donors (Lipinski definition) is 1. The molecule has 1 aromatic carbocycles. The Balaban J connectivity index is 1.66. The van der Waals surface area contributed by atoms with Crippen LogP contribution in [-0.2, 0) is 14.8 Å². The van der Waals surface area contributed by atoms with Gasteiger partial charge in [0.15, 0.2) is 5.82 Å². The van der Waals surface area contributed by atoms with Crippen LogP contribution in [0.2, 0.25) is 0 Å². The van der Waals surface area contributed by atoms with Gasteiger partial charge in [-0.15, -0.1) is 5.10 Å². The molecule has 1 aliphatic carbocycles. The summed E-state index contributed by atoms with van der Waals surface area (Å²) in [6, 6.07) is 8.94. The molecule has 2 aliphatic rings. The number of amides is 1. The minimum atomic E-state index is -4.33. The second-order valence-corrected chi connectivity index (χ2v) is 13.4. The van der Waals surface area contributed by atoms with Crippen LogP contribution < -0.4 is 9.46 Å². The van der Waals surface area contributed by atoms with Gasteiger partial charge in [0.1, 0.15) is 11.9 Å². The van der Waals surface area contributed by atoms with Crippen LogP contribution in [0.3, 0.4) is 0 Å². The monoisotopic (exact) mass is 607 g/mol. The molecule has 0 radical (unpaired) electrons. The quantitative estimate of drug-likeness (QED) is 0.233. The molecule has 1 aromatic heterocycles. The molecule has 1 saturated carbocycles. The van der Waals surface area contributed by atoms with Crippen LogP contribution in [0.5, 0.6) is 5.88 Å². The van der Waals surface area contributed by atoms with E-state index < -0.39 is 39.7 Å². The Hall–Kier alpha value is -3.61. The normalized spacial score (nSPS) is 24.4. The number of likely N-dealkylation sites (tertiary alicyclic amines) is 1. The number of nitrogens with zero attached hydrogens (tertiary/aromatic N) is 4. The molecule has 2 fully saturated rings. The first-order valence-electron chi connectivity index (χ1n) is 13.6. The van der Waals surface area contributed by atoms with Crippen LogP contribution in [0.1, 0.15) is 53.9 Å². The summed E-state index contributed by atoms with van der Waals surface area (Å²) in [5.41, 5.74) is -0.753. The SMILES string of the molecule is C=C(C(=O)NS(=O)(=O)c1ccccc1)/C(=N\C(=C/C)n1ccc(OC2C[C@H]2C(F)(F)F)n1)N1C[C@@](C)(CC)CC1(C)C. The summed E-state index contributed by atoms with van der Waals surface area (Å²) < 4.78 is 73.5.